The number of fused-ring (bicyclic) bond motifs is 1. The van der Waals surface area contributed by atoms with Crippen molar-refractivity contribution in [3.05, 3.63) is 68.7 Å². The molecule has 6 heteroatoms. The second-order valence-corrected chi connectivity index (χ2v) is 6.16. The van der Waals surface area contributed by atoms with Gasteiger partial charge >= 0.3 is 0 Å². The summed E-state index contributed by atoms with van der Waals surface area (Å²) in [6, 6.07) is 12.7. The van der Waals surface area contributed by atoms with E-state index in [9.17, 15) is 4.79 Å². The van der Waals surface area contributed by atoms with Gasteiger partial charge in [-0.2, -0.15) is 9.78 Å². The van der Waals surface area contributed by atoms with Crippen LogP contribution in [0.2, 0.25) is 0 Å². The first-order chi connectivity index (χ1) is 12.1. The molecule has 0 saturated carbocycles. The molecular weight excluding hydrogens is 382 g/mol. The maximum Gasteiger partial charge on any atom is 0.282 e. The van der Waals surface area contributed by atoms with Gasteiger partial charge in [-0.1, -0.05) is 34.0 Å². The number of terminal acetylenes is 1. The molecule has 0 N–H and O–H groups in total. The minimum absolute atomic E-state index is 0.197. The van der Waals surface area contributed by atoms with Gasteiger partial charge < -0.3 is 4.74 Å². The van der Waals surface area contributed by atoms with Crippen molar-refractivity contribution in [2.45, 2.75) is 6.92 Å². The Hall–Kier alpha value is -2.91. The summed E-state index contributed by atoms with van der Waals surface area (Å²) in [6.07, 6.45) is 6.77. The van der Waals surface area contributed by atoms with Crippen molar-refractivity contribution in [3.63, 3.8) is 0 Å². The minimum Gasteiger partial charge on any atom is -0.481 e. The quantitative estimate of drug-likeness (QED) is 0.502. The van der Waals surface area contributed by atoms with Gasteiger partial charge in [-0.25, -0.2) is 4.98 Å². The number of hydrogen-bond donors (Lipinski definition) is 0. The van der Waals surface area contributed by atoms with Crippen molar-refractivity contribution in [1.29, 1.82) is 0 Å². The molecule has 5 nitrogen and oxygen atoms in total. The third-order valence-corrected chi connectivity index (χ3v) is 3.97. The molecule has 0 amide bonds. The largest absolute Gasteiger partial charge is 0.481 e. The van der Waals surface area contributed by atoms with Crippen LogP contribution in [0.1, 0.15) is 11.4 Å². The average molecular weight is 396 g/mol. The number of benzene rings is 2. The van der Waals surface area contributed by atoms with E-state index in [1.54, 1.807) is 37.4 Å². The molecule has 3 aromatic rings. The molecule has 0 aliphatic heterocycles. The van der Waals surface area contributed by atoms with Crippen molar-refractivity contribution in [1.82, 2.24) is 9.66 Å². The van der Waals surface area contributed by atoms with E-state index in [-0.39, 0.29) is 12.2 Å². The predicted molar refractivity (Wildman–Crippen MR) is 102 cm³/mol. The molecule has 0 spiro atoms. The average Bonchev–Trinajstić information content (AvgIpc) is 2.61. The van der Waals surface area contributed by atoms with E-state index in [0.717, 1.165) is 10.0 Å². The fraction of sp³-hybridized carbons (Fsp3) is 0.105. The van der Waals surface area contributed by atoms with Crippen LogP contribution >= 0.6 is 15.9 Å². The molecule has 0 unspecified atom stereocenters. The highest BCUT2D eigenvalue weighted by atomic mass is 79.9. The molecule has 0 radical (unpaired) electrons. The third kappa shape index (κ3) is 3.78. The van der Waals surface area contributed by atoms with Crippen LogP contribution in [0.3, 0.4) is 0 Å². The minimum atomic E-state index is -0.222. The van der Waals surface area contributed by atoms with Gasteiger partial charge in [0, 0.05) is 4.47 Å². The van der Waals surface area contributed by atoms with E-state index < -0.39 is 0 Å². The van der Waals surface area contributed by atoms with Crippen molar-refractivity contribution < 1.29 is 4.74 Å². The first-order valence-corrected chi connectivity index (χ1v) is 8.27. The Kier molecular flexibility index (Phi) is 4.96. The number of aryl methyl sites for hydroxylation is 1. The smallest absolute Gasteiger partial charge is 0.282 e. The number of nitrogens with zero attached hydrogens (tertiary/aromatic N) is 3. The lowest BCUT2D eigenvalue weighted by Gasteiger charge is -2.06. The van der Waals surface area contributed by atoms with Crippen LogP contribution in [0.25, 0.3) is 10.9 Å². The molecule has 25 heavy (non-hydrogen) atoms. The number of ether oxygens (including phenoxy) is 1. The molecule has 1 heterocycles. The SMILES string of the molecule is C#CCOc1cccc(C=Nn2c(C)nc3ccc(Br)cc3c2=O)c1. The van der Waals surface area contributed by atoms with Crippen LogP contribution in [-0.2, 0) is 0 Å². The van der Waals surface area contributed by atoms with E-state index in [0.29, 0.717) is 22.5 Å². The summed E-state index contributed by atoms with van der Waals surface area (Å²) in [6.45, 7) is 1.94. The molecule has 0 atom stereocenters. The summed E-state index contributed by atoms with van der Waals surface area (Å²) in [5.74, 6) is 3.57. The normalized spacial score (nSPS) is 10.9. The first-order valence-electron chi connectivity index (χ1n) is 7.48. The maximum atomic E-state index is 12.7. The Morgan fingerprint density at radius 1 is 1.36 bits per heavy atom. The molecule has 0 bridgehead atoms. The lowest BCUT2D eigenvalue weighted by Crippen LogP contribution is -2.20. The zero-order valence-corrected chi connectivity index (χ0v) is 15.0. The van der Waals surface area contributed by atoms with Crippen molar-refractivity contribution in [3.8, 4) is 18.1 Å². The highest BCUT2D eigenvalue weighted by molar-refractivity contribution is 9.10. The fourth-order valence-electron chi connectivity index (χ4n) is 2.33. The monoisotopic (exact) mass is 395 g/mol. The van der Waals surface area contributed by atoms with Gasteiger partial charge in [0.1, 0.15) is 18.2 Å². The number of rotatable bonds is 4. The molecule has 1 aromatic heterocycles. The molecule has 0 aliphatic carbocycles. The molecule has 3 rings (SSSR count). The number of aromatic nitrogens is 2. The Labute approximate surface area is 153 Å². The first kappa shape index (κ1) is 16.9. The van der Waals surface area contributed by atoms with E-state index in [1.165, 1.54) is 4.68 Å². The molecule has 0 fully saturated rings. The van der Waals surface area contributed by atoms with Gasteiger partial charge in [-0.05, 0) is 42.8 Å². The van der Waals surface area contributed by atoms with Gasteiger partial charge in [-0.3, -0.25) is 4.79 Å². The van der Waals surface area contributed by atoms with Gasteiger partial charge in [0.2, 0.25) is 0 Å². The molecular formula is C19H14BrN3O2. The standard InChI is InChI=1S/C19H14BrN3O2/c1-3-9-25-16-6-4-5-14(10-16)12-21-23-13(2)22-18-8-7-15(20)11-17(18)19(23)24/h1,4-8,10-12H,9H2,2H3. The maximum absolute atomic E-state index is 12.7. The lowest BCUT2D eigenvalue weighted by molar-refractivity contribution is 0.370. The number of halogens is 1. The van der Waals surface area contributed by atoms with Gasteiger partial charge in [0.05, 0.1) is 17.1 Å². The van der Waals surface area contributed by atoms with Crippen LogP contribution in [-0.4, -0.2) is 22.5 Å². The van der Waals surface area contributed by atoms with Crippen molar-refractivity contribution in [2.75, 3.05) is 6.61 Å². The zero-order valence-electron chi connectivity index (χ0n) is 13.4. The highest BCUT2D eigenvalue weighted by Crippen LogP contribution is 2.16. The summed E-state index contributed by atoms with van der Waals surface area (Å²) >= 11 is 3.37. The summed E-state index contributed by atoms with van der Waals surface area (Å²) in [4.78, 5) is 17.1. The Bertz CT molecular complexity index is 1060. The zero-order chi connectivity index (χ0) is 17.8. The van der Waals surface area contributed by atoms with Gasteiger partial charge in [0.15, 0.2) is 0 Å². The van der Waals surface area contributed by atoms with Crippen molar-refractivity contribution in [2.24, 2.45) is 5.10 Å². The summed E-state index contributed by atoms with van der Waals surface area (Å²) in [7, 11) is 0. The second kappa shape index (κ2) is 7.32. The van der Waals surface area contributed by atoms with E-state index in [4.69, 9.17) is 11.2 Å². The fourth-order valence-corrected chi connectivity index (χ4v) is 2.69. The van der Waals surface area contributed by atoms with E-state index >= 15 is 0 Å². The van der Waals surface area contributed by atoms with Gasteiger partial charge in [-0.15, -0.1) is 6.42 Å². The van der Waals surface area contributed by atoms with Crippen LogP contribution in [0.15, 0.2) is 56.8 Å². The summed E-state index contributed by atoms with van der Waals surface area (Å²) in [5, 5.41) is 4.79. The Morgan fingerprint density at radius 3 is 3.00 bits per heavy atom. The van der Waals surface area contributed by atoms with Crippen LogP contribution < -0.4 is 10.3 Å². The highest BCUT2D eigenvalue weighted by Gasteiger charge is 2.07. The van der Waals surface area contributed by atoms with Crippen LogP contribution in [0.4, 0.5) is 0 Å². The lowest BCUT2D eigenvalue weighted by atomic mass is 10.2. The van der Waals surface area contributed by atoms with E-state index in [1.807, 2.05) is 18.2 Å². The van der Waals surface area contributed by atoms with Gasteiger partial charge in [0.25, 0.3) is 5.56 Å². The van der Waals surface area contributed by atoms with Crippen LogP contribution in [0, 0.1) is 19.3 Å². The second-order valence-electron chi connectivity index (χ2n) is 5.25. The Balaban J connectivity index is 1.99. The Morgan fingerprint density at radius 2 is 2.20 bits per heavy atom. The third-order valence-electron chi connectivity index (χ3n) is 3.47. The molecule has 0 aliphatic rings. The predicted octanol–water partition coefficient (Wildman–Crippen LogP) is 3.36. The van der Waals surface area contributed by atoms with Crippen LogP contribution in [0.5, 0.6) is 5.75 Å². The summed E-state index contributed by atoms with van der Waals surface area (Å²) < 4.78 is 7.48. The molecule has 2 aromatic carbocycles. The summed E-state index contributed by atoms with van der Waals surface area (Å²) in [5.41, 5.74) is 1.21. The van der Waals surface area contributed by atoms with E-state index in [2.05, 4.69) is 31.9 Å². The topological polar surface area (TPSA) is 56.5 Å². The molecule has 124 valence electrons. The molecule has 0 saturated heterocycles. The van der Waals surface area contributed by atoms with Crippen molar-refractivity contribution >= 4 is 33.0 Å². The number of hydrogen-bond acceptors (Lipinski definition) is 4.